The van der Waals surface area contributed by atoms with Gasteiger partial charge in [-0.1, -0.05) is 101 Å². The van der Waals surface area contributed by atoms with Gasteiger partial charge in [-0.05, 0) is 29.7 Å². The topological polar surface area (TPSA) is 89.6 Å². The maximum Gasteiger partial charge on any atom is 0.339 e. The van der Waals surface area contributed by atoms with Crippen LogP contribution in [0.4, 0.5) is 0 Å². The Kier molecular flexibility index (Phi) is 11.1. The van der Waals surface area contributed by atoms with Crippen LogP contribution in [-0.2, 0) is 9.53 Å². The fourth-order valence-electron chi connectivity index (χ4n) is 3.90. The van der Waals surface area contributed by atoms with Gasteiger partial charge in [0.15, 0.2) is 6.10 Å². The third-order valence-electron chi connectivity index (χ3n) is 5.75. The summed E-state index contributed by atoms with van der Waals surface area (Å²) in [5, 5.41) is 11.9. The predicted octanol–water partition coefficient (Wildman–Crippen LogP) is 5.52. The molecule has 2 atom stereocenters. The number of fused-ring (bicyclic) bond motifs is 1. The van der Waals surface area contributed by atoms with Gasteiger partial charge in [0.05, 0.1) is 5.56 Å². The van der Waals surface area contributed by atoms with E-state index in [9.17, 15) is 14.7 Å². The smallest absolute Gasteiger partial charge is 0.339 e. The highest BCUT2D eigenvalue weighted by Crippen LogP contribution is 2.21. The first-order valence-electron chi connectivity index (χ1n) is 11.7. The number of unbranched alkanes of at least 4 members (excludes halogenated alkanes) is 9. The summed E-state index contributed by atoms with van der Waals surface area (Å²) in [5.41, 5.74) is 5.70. The van der Waals surface area contributed by atoms with E-state index in [1.165, 1.54) is 44.9 Å². The van der Waals surface area contributed by atoms with Crippen LogP contribution >= 0.6 is 0 Å². The quantitative estimate of drug-likeness (QED) is 0.289. The van der Waals surface area contributed by atoms with Crippen molar-refractivity contribution in [3.8, 4) is 0 Å². The van der Waals surface area contributed by atoms with Crippen molar-refractivity contribution in [3.05, 3.63) is 48.0 Å². The summed E-state index contributed by atoms with van der Waals surface area (Å²) < 4.78 is 5.56. The molecule has 31 heavy (non-hydrogen) atoms. The molecule has 0 aliphatic carbocycles. The number of primary amides is 1. The predicted molar refractivity (Wildman–Crippen MR) is 125 cm³/mol. The van der Waals surface area contributed by atoms with E-state index in [-0.39, 0.29) is 0 Å². The molecule has 0 fully saturated rings. The highest BCUT2D eigenvalue weighted by atomic mass is 16.6. The van der Waals surface area contributed by atoms with Crippen molar-refractivity contribution in [1.82, 2.24) is 0 Å². The van der Waals surface area contributed by atoms with Crippen LogP contribution in [0.25, 0.3) is 10.8 Å². The van der Waals surface area contributed by atoms with Gasteiger partial charge in [0, 0.05) is 0 Å². The number of ether oxygens (including phenoxy) is 1. The minimum absolute atomic E-state index is 0.414. The molecule has 0 heterocycles. The summed E-state index contributed by atoms with van der Waals surface area (Å²) in [6, 6.07) is 12.9. The number of esters is 1. The van der Waals surface area contributed by atoms with Gasteiger partial charge in [-0.2, -0.15) is 0 Å². The van der Waals surface area contributed by atoms with Crippen LogP contribution in [0.3, 0.4) is 0 Å². The number of nitrogens with two attached hydrogens (primary N) is 1. The first-order valence-corrected chi connectivity index (χ1v) is 11.7. The molecular formula is C26H37NO4. The number of hydrogen-bond donors (Lipinski definition) is 2. The van der Waals surface area contributed by atoms with Crippen molar-refractivity contribution in [2.45, 2.75) is 89.8 Å². The molecule has 2 aromatic carbocycles. The van der Waals surface area contributed by atoms with E-state index in [0.29, 0.717) is 12.0 Å². The van der Waals surface area contributed by atoms with E-state index in [0.717, 1.165) is 30.0 Å². The zero-order valence-electron chi connectivity index (χ0n) is 18.7. The van der Waals surface area contributed by atoms with Gasteiger partial charge in [-0.3, -0.25) is 4.79 Å². The first kappa shape index (κ1) is 24.9. The molecule has 1 amide bonds. The molecule has 0 aromatic heterocycles. The average Bonchev–Trinajstić information content (AvgIpc) is 2.78. The Morgan fingerprint density at radius 3 is 2.10 bits per heavy atom. The second-order valence-electron chi connectivity index (χ2n) is 8.29. The van der Waals surface area contributed by atoms with Gasteiger partial charge in [0.1, 0.15) is 6.10 Å². The Labute approximate surface area is 186 Å². The van der Waals surface area contributed by atoms with Crippen LogP contribution < -0.4 is 5.73 Å². The maximum absolute atomic E-state index is 12.8. The number of amides is 1. The van der Waals surface area contributed by atoms with Gasteiger partial charge >= 0.3 is 5.97 Å². The van der Waals surface area contributed by atoms with Crippen LogP contribution in [0.1, 0.15) is 87.9 Å². The molecule has 0 bridgehead atoms. The lowest BCUT2D eigenvalue weighted by molar-refractivity contribution is -0.132. The third-order valence-corrected chi connectivity index (χ3v) is 5.75. The minimum Gasteiger partial charge on any atom is -0.455 e. The number of rotatable bonds is 15. The van der Waals surface area contributed by atoms with Crippen molar-refractivity contribution in [1.29, 1.82) is 0 Å². The lowest BCUT2D eigenvalue weighted by Crippen LogP contribution is -2.41. The first-order chi connectivity index (χ1) is 15.0. The SMILES string of the molecule is CCCCCCCCCCCCC(OC(=O)c1cccc2ccccc12)C(O)C(N)=O. The molecule has 0 radical (unpaired) electrons. The number of aliphatic hydroxyl groups excluding tert-OH is 1. The van der Waals surface area contributed by atoms with Gasteiger partial charge < -0.3 is 15.6 Å². The van der Waals surface area contributed by atoms with E-state index in [4.69, 9.17) is 10.5 Å². The number of hydrogen-bond acceptors (Lipinski definition) is 4. The van der Waals surface area contributed by atoms with Crippen LogP contribution in [0, 0.1) is 0 Å². The zero-order valence-corrected chi connectivity index (χ0v) is 18.7. The Morgan fingerprint density at radius 1 is 0.871 bits per heavy atom. The zero-order chi connectivity index (χ0) is 22.5. The number of carbonyl (C=O) groups is 2. The number of benzene rings is 2. The van der Waals surface area contributed by atoms with Crippen molar-refractivity contribution >= 4 is 22.6 Å². The van der Waals surface area contributed by atoms with Gasteiger partial charge in [0.2, 0.25) is 5.91 Å². The molecule has 0 saturated carbocycles. The summed E-state index contributed by atoms with van der Waals surface area (Å²) in [5.74, 6) is -1.42. The average molecular weight is 428 g/mol. The summed E-state index contributed by atoms with van der Waals surface area (Å²) >= 11 is 0. The van der Waals surface area contributed by atoms with E-state index in [2.05, 4.69) is 6.92 Å². The molecule has 0 aliphatic heterocycles. The van der Waals surface area contributed by atoms with E-state index in [1.54, 1.807) is 12.1 Å². The van der Waals surface area contributed by atoms with E-state index >= 15 is 0 Å². The summed E-state index contributed by atoms with van der Waals surface area (Å²) in [7, 11) is 0. The monoisotopic (exact) mass is 427 g/mol. The molecule has 3 N–H and O–H groups in total. The van der Waals surface area contributed by atoms with Gasteiger partial charge in [-0.25, -0.2) is 4.79 Å². The lowest BCUT2D eigenvalue weighted by Gasteiger charge is -2.21. The highest BCUT2D eigenvalue weighted by Gasteiger charge is 2.28. The third kappa shape index (κ3) is 8.33. The largest absolute Gasteiger partial charge is 0.455 e. The Bertz CT molecular complexity index is 815. The van der Waals surface area contributed by atoms with Crippen LogP contribution in [0.15, 0.2) is 42.5 Å². The molecule has 170 valence electrons. The maximum atomic E-state index is 12.8. The highest BCUT2D eigenvalue weighted by molar-refractivity contribution is 6.04. The van der Waals surface area contributed by atoms with Crippen LogP contribution in [-0.4, -0.2) is 29.2 Å². The van der Waals surface area contributed by atoms with E-state index in [1.807, 2.05) is 30.3 Å². The fourth-order valence-corrected chi connectivity index (χ4v) is 3.90. The second kappa shape index (κ2) is 13.8. The summed E-state index contributed by atoms with van der Waals surface area (Å²) in [6.07, 6.45) is 9.76. The van der Waals surface area contributed by atoms with Crippen molar-refractivity contribution in [3.63, 3.8) is 0 Å². The Morgan fingerprint density at radius 2 is 1.45 bits per heavy atom. The molecule has 2 aromatic rings. The molecule has 5 heteroatoms. The minimum atomic E-state index is -1.50. The van der Waals surface area contributed by atoms with Gasteiger partial charge in [0.25, 0.3) is 0 Å². The normalized spacial score (nSPS) is 13.1. The molecule has 0 saturated heterocycles. The molecule has 2 rings (SSSR count). The molecule has 0 aliphatic rings. The molecular weight excluding hydrogens is 390 g/mol. The Hall–Kier alpha value is -2.40. The van der Waals surface area contributed by atoms with Gasteiger partial charge in [-0.15, -0.1) is 0 Å². The van der Waals surface area contributed by atoms with E-state index < -0.39 is 24.1 Å². The second-order valence-corrected chi connectivity index (χ2v) is 8.29. The summed E-state index contributed by atoms with van der Waals surface area (Å²) in [4.78, 5) is 24.3. The lowest BCUT2D eigenvalue weighted by atomic mass is 10.0. The van der Waals surface area contributed by atoms with Crippen molar-refractivity contribution in [2.75, 3.05) is 0 Å². The van der Waals surface area contributed by atoms with Crippen LogP contribution in [0.2, 0.25) is 0 Å². The Balaban J connectivity index is 1.84. The van der Waals surface area contributed by atoms with Crippen LogP contribution in [0.5, 0.6) is 0 Å². The van der Waals surface area contributed by atoms with Crippen molar-refractivity contribution < 1.29 is 19.4 Å². The number of aliphatic hydroxyl groups is 1. The standard InChI is InChI=1S/C26H37NO4/c1-2-3-4-5-6-7-8-9-10-11-19-23(24(28)25(27)29)31-26(30)22-18-14-16-20-15-12-13-17-21(20)22/h12-18,23-24,28H,2-11,19H2,1H3,(H2,27,29). The number of carbonyl (C=O) groups excluding carboxylic acids is 2. The summed E-state index contributed by atoms with van der Waals surface area (Å²) in [6.45, 7) is 2.22. The molecule has 5 nitrogen and oxygen atoms in total. The van der Waals surface area contributed by atoms with Crippen molar-refractivity contribution in [2.24, 2.45) is 5.73 Å². The fraction of sp³-hybridized carbons (Fsp3) is 0.538. The molecule has 0 spiro atoms. The molecule has 2 unspecified atom stereocenters.